The van der Waals surface area contributed by atoms with Gasteiger partial charge in [-0.25, -0.2) is 0 Å². The fourth-order valence-corrected chi connectivity index (χ4v) is 5.05. The molecule has 1 aromatic rings. The lowest BCUT2D eigenvalue weighted by molar-refractivity contribution is -0.138. The Balaban J connectivity index is 3.42. The van der Waals surface area contributed by atoms with Gasteiger partial charge in [0.25, 0.3) is 0 Å². The molecule has 0 fully saturated rings. The van der Waals surface area contributed by atoms with Crippen molar-refractivity contribution in [2.45, 2.75) is 6.04 Å². The highest BCUT2D eigenvalue weighted by atomic mass is 127. The number of hydrogen-bond donors (Lipinski definition) is 3. The minimum Gasteiger partial charge on any atom is -0.506 e. The molecule has 82 valence electrons. The third-order valence-electron chi connectivity index (χ3n) is 1.76. The van der Waals surface area contributed by atoms with Crippen LogP contribution in [0.15, 0.2) is 6.07 Å². The zero-order valence-electron chi connectivity index (χ0n) is 7.17. The largest absolute Gasteiger partial charge is 0.506 e. The second-order valence-electron chi connectivity index (χ2n) is 2.73. The maximum atomic E-state index is 10.8. The van der Waals surface area contributed by atoms with Crippen molar-refractivity contribution in [3.63, 3.8) is 0 Å². The maximum Gasteiger partial charge on any atom is 0.325 e. The molecule has 15 heavy (non-hydrogen) atoms. The van der Waals surface area contributed by atoms with Crippen molar-refractivity contribution in [2.75, 3.05) is 0 Å². The van der Waals surface area contributed by atoms with Gasteiger partial charge in [-0.15, -0.1) is 0 Å². The van der Waals surface area contributed by atoms with E-state index in [1.807, 2.05) is 67.8 Å². The van der Waals surface area contributed by atoms with E-state index in [-0.39, 0.29) is 5.75 Å². The van der Waals surface area contributed by atoms with Crippen LogP contribution in [0.2, 0.25) is 0 Å². The predicted octanol–water partition coefficient (Wildman–Crippen LogP) is 2.29. The summed E-state index contributed by atoms with van der Waals surface area (Å²) < 4.78 is 1.93. The van der Waals surface area contributed by atoms with E-state index >= 15 is 0 Å². The van der Waals surface area contributed by atoms with Crippen molar-refractivity contribution in [3.8, 4) is 5.75 Å². The van der Waals surface area contributed by atoms with Crippen molar-refractivity contribution < 1.29 is 15.0 Å². The summed E-state index contributed by atoms with van der Waals surface area (Å²) in [5.74, 6) is -1.02. The number of carbonyl (C=O) groups is 1. The number of carboxylic acids is 1. The molecule has 0 spiro atoms. The van der Waals surface area contributed by atoms with Gasteiger partial charge >= 0.3 is 5.97 Å². The third kappa shape index (κ3) is 2.85. The van der Waals surface area contributed by atoms with E-state index in [1.54, 1.807) is 6.07 Å². The molecule has 0 aromatic heterocycles. The number of phenols is 1. The minimum atomic E-state index is -1.11. The molecule has 0 amide bonds. The van der Waals surface area contributed by atoms with Crippen molar-refractivity contribution in [3.05, 3.63) is 22.3 Å². The first kappa shape index (κ1) is 13.7. The van der Waals surface area contributed by atoms with Crippen molar-refractivity contribution in [1.29, 1.82) is 0 Å². The predicted molar refractivity (Wildman–Crippen MR) is 80.8 cm³/mol. The Kier molecular flexibility index (Phi) is 4.85. The Morgan fingerprint density at radius 3 is 2.33 bits per heavy atom. The Hall–Kier alpha value is 0.640. The van der Waals surface area contributed by atoms with Crippen molar-refractivity contribution in [1.82, 2.24) is 0 Å². The van der Waals surface area contributed by atoms with Gasteiger partial charge in [0, 0.05) is 9.13 Å². The van der Waals surface area contributed by atoms with Crippen LogP contribution in [0.1, 0.15) is 11.6 Å². The number of benzene rings is 1. The molecule has 0 saturated carbocycles. The summed E-state index contributed by atoms with van der Waals surface area (Å²) >= 11 is 5.90. The summed E-state index contributed by atoms with van der Waals surface area (Å²) in [5.41, 5.74) is 6.00. The fourth-order valence-electron chi connectivity index (χ4n) is 1.00. The molecule has 0 bridgehead atoms. The molecule has 0 aliphatic heterocycles. The van der Waals surface area contributed by atoms with Crippen LogP contribution in [0.4, 0.5) is 0 Å². The molecule has 0 aliphatic rings. The second-order valence-corrected chi connectivity index (χ2v) is 6.14. The summed E-state index contributed by atoms with van der Waals surface area (Å²) in [6.45, 7) is 0. The van der Waals surface area contributed by atoms with E-state index in [4.69, 9.17) is 10.8 Å². The van der Waals surface area contributed by atoms with Crippen LogP contribution in [0, 0.1) is 10.7 Å². The molecule has 0 saturated heterocycles. The highest BCUT2D eigenvalue weighted by molar-refractivity contribution is 14.1. The number of rotatable bonds is 2. The molecule has 0 heterocycles. The van der Waals surface area contributed by atoms with Gasteiger partial charge in [0.15, 0.2) is 0 Å². The lowest BCUT2D eigenvalue weighted by Gasteiger charge is -2.14. The van der Waals surface area contributed by atoms with Crippen LogP contribution in [0.25, 0.3) is 0 Å². The van der Waals surface area contributed by atoms with Crippen LogP contribution in [0.3, 0.4) is 0 Å². The number of aliphatic carboxylic acids is 1. The molecule has 7 heteroatoms. The van der Waals surface area contributed by atoms with Gasteiger partial charge < -0.3 is 15.9 Å². The zero-order valence-corrected chi connectivity index (χ0v) is 13.6. The molecule has 1 aromatic carbocycles. The van der Waals surface area contributed by atoms with Gasteiger partial charge in [0.2, 0.25) is 0 Å². The lowest BCUT2D eigenvalue weighted by Crippen LogP contribution is -2.23. The molecule has 4 nitrogen and oxygen atoms in total. The molecular weight excluding hydrogens is 539 g/mol. The highest BCUT2D eigenvalue weighted by Crippen LogP contribution is 2.34. The number of phenolic OH excluding ortho intramolecular Hbond substituents is 1. The van der Waals surface area contributed by atoms with E-state index in [0.29, 0.717) is 12.7 Å². The summed E-state index contributed by atoms with van der Waals surface area (Å²) in [7, 11) is 0. The van der Waals surface area contributed by atoms with Crippen LogP contribution in [-0.4, -0.2) is 16.2 Å². The highest BCUT2D eigenvalue weighted by Gasteiger charge is 2.23. The summed E-state index contributed by atoms with van der Waals surface area (Å²) in [6, 6.07) is 0.600. The van der Waals surface area contributed by atoms with Gasteiger partial charge in [-0.3, -0.25) is 4.79 Å². The van der Waals surface area contributed by atoms with Crippen LogP contribution >= 0.6 is 67.8 Å². The molecule has 4 N–H and O–H groups in total. The molecular formula is C8H6I3NO3. The SMILES string of the molecule is N[C@H](C(=O)O)c1c(I)cc(I)c(O)c1I. The standard InChI is InChI=1S/C8H6I3NO3/c9-2-1-3(10)7(13)5(11)4(2)6(12)8(14)15/h1,6,13H,12H2,(H,14,15)/t6-/m0/s1. The molecule has 1 atom stereocenters. The van der Waals surface area contributed by atoms with E-state index in [9.17, 15) is 9.90 Å². The first-order valence-corrected chi connectivity index (χ1v) is 6.94. The maximum absolute atomic E-state index is 10.8. The first-order valence-electron chi connectivity index (χ1n) is 3.71. The Labute approximate surface area is 127 Å². The fraction of sp³-hybridized carbons (Fsp3) is 0.125. The average Bonchev–Trinajstić information content (AvgIpc) is 2.14. The summed E-state index contributed by atoms with van der Waals surface area (Å²) in [4.78, 5) is 10.8. The second kappa shape index (κ2) is 5.31. The van der Waals surface area contributed by atoms with Crippen LogP contribution < -0.4 is 5.73 Å². The third-order valence-corrected chi connectivity index (χ3v) is 4.57. The Morgan fingerprint density at radius 1 is 1.33 bits per heavy atom. The number of carboxylic acid groups (broad SMARTS) is 1. The van der Waals surface area contributed by atoms with E-state index in [1.165, 1.54) is 0 Å². The van der Waals surface area contributed by atoms with Crippen LogP contribution in [-0.2, 0) is 4.79 Å². The number of nitrogens with two attached hydrogens (primary N) is 1. The lowest BCUT2D eigenvalue weighted by atomic mass is 10.1. The number of aromatic hydroxyl groups is 1. The minimum absolute atomic E-state index is 0.0864. The number of hydrogen-bond acceptors (Lipinski definition) is 3. The summed E-state index contributed by atoms with van der Waals surface area (Å²) in [5, 5.41) is 18.5. The van der Waals surface area contributed by atoms with E-state index in [2.05, 4.69) is 0 Å². The molecule has 0 unspecified atom stereocenters. The smallest absolute Gasteiger partial charge is 0.325 e. The van der Waals surface area contributed by atoms with Crippen LogP contribution in [0.5, 0.6) is 5.75 Å². The van der Waals surface area contributed by atoms with Gasteiger partial charge in [-0.05, 0) is 73.8 Å². The topological polar surface area (TPSA) is 83.6 Å². The quantitative estimate of drug-likeness (QED) is 0.499. The Morgan fingerprint density at radius 2 is 1.87 bits per heavy atom. The molecule has 0 radical (unpaired) electrons. The van der Waals surface area contributed by atoms with Gasteiger partial charge in [-0.1, -0.05) is 0 Å². The van der Waals surface area contributed by atoms with Crippen molar-refractivity contribution >= 4 is 73.7 Å². The summed E-state index contributed by atoms with van der Waals surface area (Å²) in [6.07, 6.45) is 0. The van der Waals surface area contributed by atoms with Gasteiger partial charge in [0.1, 0.15) is 11.8 Å². The monoisotopic (exact) mass is 545 g/mol. The van der Waals surface area contributed by atoms with Crippen molar-refractivity contribution in [2.24, 2.45) is 5.73 Å². The zero-order chi connectivity index (χ0) is 11.7. The normalized spacial score (nSPS) is 12.5. The van der Waals surface area contributed by atoms with Gasteiger partial charge in [-0.2, -0.15) is 0 Å². The Bertz CT molecular complexity index is 422. The van der Waals surface area contributed by atoms with Gasteiger partial charge in [0.05, 0.1) is 7.14 Å². The van der Waals surface area contributed by atoms with E-state index in [0.717, 1.165) is 3.57 Å². The van der Waals surface area contributed by atoms with E-state index < -0.39 is 12.0 Å². The average molecular weight is 545 g/mol. The first-order chi connectivity index (χ1) is 6.86. The molecule has 0 aliphatic carbocycles. The molecule has 1 rings (SSSR count). The number of halogens is 3.